The number of nitrogens with one attached hydrogen (secondary N) is 2. The van der Waals surface area contributed by atoms with Crippen LogP contribution in [0.15, 0.2) is 34.5 Å². The van der Waals surface area contributed by atoms with Gasteiger partial charge in [-0.15, -0.1) is 11.3 Å². The zero-order chi connectivity index (χ0) is 18.0. The van der Waals surface area contributed by atoms with Crippen LogP contribution in [0.2, 0.25) is 5.02 Å². The van der Waals surface area contributed by atoms with Crippen molar-refractivity contribution >= 4 is 44.0 Å². The van der Waals surface area contributed by atoms with Gasteiger partial charge in [0.1, 0.15) is 0 Å². The molecular weight excluding hydrogens is 370 g/mol. The molecule has 9 heteroatoms. The molecule has 1 aromatic heterocycles. The van der Waals surface area contributed by atoms with Crippen LogP contribution in [-0.4, -0.2) is 25.9 Å². The van der Waals surface area contributed by atoms with Crippen molar-refractivity contribution in [3.05, 3.63) is 40.4 Å². The van der Waals surface area contributed by atoms with Crippen molar-refractivity contribution in [3.8, 4) is 0 Å². The van der Waals surface area contributed by atoms with E-state index < -0.39 is 15.9 Å². The molecule has 0 radical (unpaired) electrons. The fourth-order valence-electron chi connectivity index (χ4n) is 1.70. The molecule has 1 amide bonds. The standard InChI is InChI=1S/C15H18ClN3O3S2/c1-15(2,3)12-9-23-14(18-12)19-13(20)8-17-24(21,22)11-6-4-10(16)5-7-11/h4-7,9,17H,8H2,1-3H3,(H,18,19,20). The van der Waals surface area contributed by atoms with E-state index in [-0.39, 0.29) is 16.9 Å². The molecule has 0 aliphatic heterocycles. The highest BCUT2D eigenvalue weighted by Crippen LogP contribution is 2.26. The molecule has 2 N–H and O–H groups in total. The van der Waals surface area contributed by atoms with Gasteiger partial charge in [0, 0.05) is 15.8 Å². The molecule has 0 fully saturated rings. The van der Waals surface area contributed by atoms with Crippen molar-refractivity contribution in [2.24, 2.45) is 0 Å². The first-order chi connectivity index (χ1) is 11.1. The van der Waals surface area contributed by atoms with Crippen LogP contribution >= 0.6 is 22.9 Å². The van der Waals surface area contributed by atoms with E-state index in [1.807, 2.05) is 26.2 Å². The summed E-state index contributed by atoms with van der Waals surface area (Å²) in [5, 5.41) is 5.33. The summed E-state index contributed by atoms with van der Waals surface area (Å²) in [7, 11) is -3.77. The van der Waals surface area contributed by atoms with Gasteiger partial charge in [0.25, 0.3) is 0 Å². The van der Waals surface area contributed by atoms with Crippen LogP contribution in [-0.2, 0) is 20.2 Å². The van der Waals surface area contributed by atoms with Crippen LogP contribution in [0.25, 0.3) is 0 Å². The second-order valence-electron chi connectivity index (χ2n) is 6.11. The van der Waals surface area contributed by atoms with Crippen molar-refractivity contribution in [3.63, 3.8) is 0 Å². The summed E-state index contributed by atoms with van der Waals surface area (Å²) in [6, 6.07) is 5.69. The number of benzene rings is 1. The molecule has 0 spiro atoms. The van der Waals surface area contributed by atoms with Crippen LogP contribution in [0, 0.1) is 0 Å². The van der Waals surface area contributed by atoms with Gasteiger partial charge in [-0.2, -0.15) is 0 Å². The summed E-state index contributed by atoms with van der Waals surface area (Å²) in [6.07, 6.45) is 0. The minimum Gasteiger partial charge on any atom is -0.301 e. The average molecular weight is 388 g/mol. The Bertz CT molecular complexity index is 824. The van der Waals surface area contributed by atoms with Gasteiger partial charge in [-0.1, -0.05) is 32.4 Å². The van der Waals surface area contributed by atoms with Gasteiger partial charge in [-0.05, 0) is 24.3 Å². The fraction of sp³-hybridized carbons (Fsp3) is 0.333. The van der Waals surface area contributed by atoms with Crippen LogP contribution in [0.4, 0.5) is 5.13 Å². The summed E-state index contributed by atoms with van der Waals surface area (Å²) < 4.78 is 26.4. The molecular formula is C15H18ClN3O3S2. The number of aromatic nitrogens is 1. The SMILES string of the molecule is CC(C)(C)c1csc(NC(=O)CNS(=O)(=O)c2ccc(Cl)cc2)n1. The van der Waals surface area contributed by atoms with Crippen LogP contribution in [0.3, 0.4) is 0 Å². The Morgan fingerprint density at radius 2 is 1.88 bits per heavy atom. The maximum Gasteiger partial charge on any atom is 0.241 e. The second-order valence-corrected chi connectivity index (χ2v) is 9.18. The largest absolute Gasteiger partial charge is 0.301 e. The number of hydrogen-bond donors (Lipinski definition) is 2. The van der Waals surface area contributed by atoms with Crippen molar-refractivity contribution in [1.29, 1.82) is 0 Å². The van der Waals surface area contributed by atoms with Crippen molar-refractivity contribution in [2.45, 2.75) is 31.1 Å². The van der Waals surface area contributed by atoms with Gasteiger partial charge >= 0.3 is 0 Å². The normalized spacial score (nSPS) is 12.2. The van der Waals surface area contributed by atoms with Gasteiger partial charge in [0.2, 0.25) is 15.9 Å². The first-order valence-electron chi connectivity index (χ1n) is 7.09. The third kappa shape index (κ3) is 5.01. The molecule has 0 atom stereocenters. The monoisotopic (exact) mass is 387 g/mol. The molecule has 0 saturated carbocycles. The Kier molecular flexibility index (Phi) is 5.64. The van der Waals surface area contributed by atoms with Crippen LogP contribution < -0.4 is 10.0 Å². The molecule has 0 aliphatic rings. The predicted octanol–water partition coefficient (Wildman–Crippen LogP) is 3.01. The van der Waals surface area contributed by atoms with Crippen molar-refractivity contribution < 1.29 is 13.2 Å². The molecule has 0 bridgehead atoms. The average Bonchev–Trinajstić information content (AvgIpc) is 2.94. The number of halogens is 1. The number of amides is 1. The van der Waals surface area contributed by atoms with E-state index in [9.17, 15) is 13.2 Å². The van der Waals surface area contributed by atoms with E-state index in [0.717, 1.165) is 5.69 Å². The van der Waals surface area contributed by atoms with E-state index >= 15 is 0 Å². The number of carbonyl (C=O) groups is 1. The number of hydrogen-bond acceptors (Lipinski definition) is 5. The molecule has 130 valence electrons. The molecule has 0 saturated heterocycles. The van der Waals surface area contributed by atoms with E-state index in [1.165, 1.54) is 35.6 Å². The summed E-state index contributed by atoms with van der Waals surface area (Å²) in [5.74, 6) is -0.484. The zero-order valence-electron chi connectivity index (χ0n) is 13.5. The van der Waals surface area contributed by atoms with Crippen LogP contribution in [0.1, 0.15) is 26.5 Å². The van der Waals surface area contributed by atoms with E-state index in [1.54, 1.807) is 0 Å². The lowest BCUT2D eigenvalue weighted by atomic mass is 9.93. The van der Waals surface area contributed by atoms with Gasteiger partial charge in [0.15, 0.2) is 5.13 Å². The minimum atomic E-state index is -3.77. The second kappa shape index (κ2) is 7.18. The summed E-state index contributed by atoms with van der Waals surface area (Å²) in [4.78, 5) is 16.3. The fourth-order valence-corrected chi connectivity index (χ4v) is 3.76. The molecule has 1 aromatic carbocycles. The molecule has 1 heterocycles. The summed E-state index contributed by atoms with van der Waals surface area (Å²) in [5.41, 5.74) is 0.750. The number of carbonyl (C=O) groups excluding carboxylic acids is 1. The van der Waals surface area contributed by atoms with Crippen molar-refractivity contribution in [1.82, 2.24) is 9.71 Å². The smallest absolute Gasteiger partial charge is 0.241 e. The zero-order valence-corrected chi connectivity index (χ0v) is 15.8. The first kappa shape index (κ1) is 18.9. The third-order valence-corrected chi connectivity index (χ3v) is 5.49. The van der Waals surface area contributed by atoms with Gasteiger partial charge in [-0.3, -0.25) is 4.79 Å². The molecule has 0 unspecified atom stereocenters. The summed E-state index contributed by atoms with van der Waals surface area (Å²) in [6.45, 7) is 5.69. The maximum atomic E-state index is 12.1. The van der Waals surface area contributed by atoms with E-state index in [4.69, 9.17) is 11.6 Å². The van der Waals surface area contributed by atoms with Gasteiger partial charge < -0.3 is 5.32 Å². The molecule has 24 heavy (non-hydrogen) atoms. The highest BCUT2D eigenvalue weighted by Gasteiger charge is 2.19. The number of rotatable bonds is 5. The Morgan fingerprint density at radius 3 is 2.42 bits per heavy atom. The number of sulfonamides is 1. The summed E-state index contributed by atoms with van der Waals surface area (Å²) >= 11 is 7.03. The molecule has 2 aromatic rings. The molecule has 2 rings (SSSR count). The van der Waals surface area contributed by atoms with Crippen molar-refractivity contribution in [2.75, 3.05) is 11.9 Å². The Labute approximate surface area is 150 Å². The Balaban J connectivity index is 1.95. The number of thiazole rings is 1. The molecule has 6 nitrogen and oxygen atoms in total. The first-order valence-corrected chi connectivity index (χ1v) is 9.83. The highest BCUT2D eigenvalue weighted by atomic mass is 35.5. The highest BCUT2D eigenvalue weighted by molar-refractivity contribution is 7.89. The van der Waals surface area contributed by atoms with Crippen LogP contribution in [0.5, 0.6) is 0 Å². The number of anilines is 1. The molecule has 0 aliphatic carbocycles. The number of nitrogens with zero attached hydrogens (tertiary/aromatic N) is 1. The van der Waals surface area contributed by atoms with E-state index in [2.05, 4.69) is 15.0 Å². The Hall–Kier alpha value is -1.48. The lowest BCUT2D eigenvalue weighted by Gasteiger charge is -2.14. The topological polar surface area (TPSA) is 88.2 Å². The maximum absolute atomic E-state index is 12.1. The lowest BCUT2D eigenvalue weighted by molar-refractivity contribution is -0.115. The third-order valence-electron chi connectivity index (χ3n) is 3.07. The Morgan fingerprint density at radius 1 is 1.25 bits per heavy atom. The lowest BCUT2D eigenvalue weighted by Crippen LogP contribution is -2.32. The quantitative estimate of drug-likeness (QED) is 0.825. The van der Waals surface area contributed by atoms with E-state index in [0.29, 0.717) is 10.2 Å². The van der Waals surface area contributed by atoms with Gasteiger partial charge in [-0.25, -0.2) is 18.1 Å². The van der Waals surface area contributed by atoms with Gasteiger partial charge in [0.05, 0.1) is 17.1 Å². The predicted molar refractivity (Wildman–Crippen MR) is 96.1 cm³/mol. The minimum absolute atomic E-state index is 0.0453.